The smallest absolute Gasteiger partial charge is 0.124 e. The summed E-state index contributed by atoms with van der Waals surface area (Å²) in [6, 6.07) is 10.5. The maximum atomic E-state index is 11.1. The molecule has 0 aromatic heterocycles. The number of carbonyl (C=O) groups is 1. The van der Waals surface area contributed by atoms with E-state index in [1.807, 2.05) is 6.07 Å². The molecule has 1 heteroatoms. The van der Waals surface area contributed by atoms with Crippen LogP contribution in [0.15, 0.2) is 42.5 Å². The van der Waals surface area contributed by atoms with Crippen LogP contribution in [-0.4, -0.2) is 6.29 Å². The minimum absolute atomic E-state index is 0.211. The van der Waals surface area contributed by atoms with Crippen molar-refractivity contribution in [2.24, 2.45) is 17.8 Å². The number of aldehydes is 1. The molecule has 76 valence electrons. The van der Waals surface area contributed by atoms with Crippen molar-refractivity contribution in [2.75, 3.05) is 0 Å². The van der Waals surface area contributed by atoms with E-state index in [0.29, 0.717) is 17.8 Å². The molecule has 1 aromatic rings. The van der Waals surface area contributed by atoms with Crippen LogP contribution >= 0.6 is 0 Å². The molecule has 2 bridgehead atoms. The van der Waals surface area contributed by atoms with Crippen molar-refractivity contribution < 1.29 is 4.79 Å². The van der Waals surface area contributed by atoms with Crippen molar-refractivity contribution in [3.63, 3.8) is 0 Å². The lowest BCUT2D eigenvalue weighted by atomic mass is 9.79. The first-order valence-corrected chi connectivity index (χ1v) is 5.58. The average molecular weight is 198 g/mol. The van der Waals surface area contributed by atoms with E-state index in [2.05, 4.69) is 36.4 Å². The second-order valence-electron chi connectivity index (χ2n) is 4.60. The van der Waals surface area contributed by atoms with Gasteiger partial charge in [-0.1, -0.05) is 42.5 Å². The zero-order valence-corrected chi connectivity index (χ0v) is 8.54. The number of fused-ring (bicyclic) bond motifs is 2. The SMILES string of the molecule is O=C[C@H]1C2C=CC(C2)[C@@H]1c1ccccc1. The van der Waals surface area contributed by atoms with Crippen molar-refractivity contribution >= 4 is 6.29 Å². The van der Waals surface area contributed by atoms with Crippen LogP contribution in [-0.2, 0) is 4.79 Å². The molecule has 1 nitrogen and oxygen atoms in total. The summed E-state index contributed by atoms with van der Waals surface area (Å²) in [6.07, 6.45) is 6.85. The fourth-order valence-corrected chi connectivity index (χ4v) is 3.19. The lowest BCUT2D eigenvalue weighted by molar-refractivity contribution is -0.112. The van der Waals surface area contributed by atoms with Crippen molar-refractivity contribution in [3.8, 4) is 0 Å². The molecule has 0 spiro atoms. The van der Waals surface area contributed by atoms with Crippen molar-refractivity contribution in [1.29, 1.82) is 0 Å². The van der Waals surface area contributed by atoms with E-state index in [-0.39, 0.29) is 5.92 Å². The van der Waals surface area contributed by atoms with E-state index in [0.717, 1.165) is 6.29 Å². The maximum Gasteiger partial charge on any atom is 0.124 e. The average Bonchev–Trinajstić information content (AvgIpc) is 2.89. The topological polar surface area (TPSA) is 17.1 Å². The van der Waals surface area contributed by atoms with Crippen LogP contribution < -0.4 is 0 Å². The maximum absolute atomic E-state index is 11.1. The zero-order valence-electron chi connectivity index (χ0n) is 8.54. The molecule has 2 aliphatic rings. The molecule has 1 aromatic carbocycles. The van der Waals surface area contributed by atoms with Gasteiger partial charge in [0.15, 0.2) is 0 Å². The quantitative estimate of drug-likeness (QED) is 0.527. The Labute approximate surface area is 89.8 Å². The van der Waals surface area contributed by atoms with Gasteiger partial charge in [-0.2, -0.15) is 0 Å². The van der Waals surface area contributed by atoms with E-state index >= 15 is 0 Å². The number of hydrogen-bond donors (Lipinski definition) is 0. The van der Waals surface area contributed by atoms with Gasteiger partial charge >= 0.3 is 0 Å². The summed E-state index contributed by atoms with van der Waals surface area (Å²) < 4.78 is 0. The van der Waals surface area contributed by atoms with Crippen molar-refractivity contribution in [3.05, 3.63) is 48.0 Å². The fraction of sp³-hybridized carbons (Fsp3) is 0.357. The molecule has 0 aliphatic heterocycles. The van der Waals surface area contributed by atoms with Crippen LogP contribution in [0.4, 0.5) is 0 Å². The van der Waals surface area contributed by atoms with Gasteiger partial charge in [-0.3, -0.25) is 0 Å². The highest BCUT2D eigenvalue weighted by molar-refractivity contribution is 5.59. The first kappa shape index (κ1) is 8.90. The molecule has 0 amide bonds. The summed E-state index contributed by atoms with van der Waals surface area (Å²) in [5.74, 6) is 1.73. The summed E-state index contributed by atoms with van der Waals surface area (Å²) in [6.45, 7) is 0. The molecule has 1 saturated carbocycles. The van der Waals surface area contributed by atoms with Crippen LogP contribution in [0.2, 0.25) is 0 Å². The third-order valence-electron chi connectivity index (χ3n) is 3.86. The normalized spacial score (nSPS) is 37.1. The predicted molar refractivity (Wildman–Crippen MR) is 59.5 cm³/mol. The van der Waals surface area contributed by atoms with Crippen molar-refractivity contribution in [2.45, 2.75) is 12.3 Å². The van der Waals surface area contributed by atoms with E-state index in [1.165, 1.54) is 12.0 Å². The minimum atomic E-state index is 0.211. The standard InChI is InChI=1S/C14H14O/c15-9-13-11-6-7-12(8-11)14(13)10-4-2-1-3-5-10/h1-7,9,11-14H,8H2/t11?,12?,13-,14-/m0/s1. The Bertz CT molecular complexity index is 393. The third-order valence-corrected chi connectivity index (χ3v) is 3.86. The number of hydrogen-bond acceptors (Lipinski definition) is 1. The summed E-state index contributed by atoms with van der Waals surface area (Å²) >= 11 is 0. The molecule has 0 radical (unpaired) electrons. The van der Waals surface area contributed by atoms with Crippen LogP contribution in [0.1, 0.15) is 17.9 Å². The molecule has 2 unspecified atom stereocenters. The summed E-state index contributed by atoms with van der Waals surface area (Å²) in [7, 11) is 0. The van der Waals surface area contributed by atoms with Gasteiger partial charge in [0.1, 0.15) is 6.29 Å². The Morgan fingerprint density at radius 2 is 1.80 bits per heavy atom. The van der Waals surface area contributed by atoms with E-state index < -0.39 is 0 Å². The Balaban J connectivity index is 1.99. The molecular weight excluding hydrogens is 184 g/mol. The Hall–Kier alpha value is -1.37. The summed E-state index contributed by atoms with van der Waals surface area (Å²) in [5, 5.41) is 0. The van der Waals surface area contributed by atoms with Crippen LogP contribution in [0, 0.1) is 17.8 Å². The highest BCUT2D eigenvalue weighted by Gasteiger charge is 2.44. The van der Waals surface area contributed by atoms with Crippen LogP contribution in [0.25, 0.3) is 0 Å². The Kier molecular flexibility index (Phi) is 1.98. The zero-order chi connectivity index (χ0) is 10.3. The molecule has 0 heterocycles. The third kappa shape index (κ3) is 1.26. The fourth-order valence-electron chi connectivity index (χ4n) is 3.19. The lowest BCUT2D eigenvalue weighted by Crippen LogP contribution is -2.18. The van der Waals surface area contributed by atoms with E-state index in [4.69, 9.17) is 0 Å². The minimum Gasteiger partial charge on any atom is -0.303 e. The van der Waals surface area contributed by atoms with Gasteiger partial charge in [0, 0.05) is 11.8 Å². The lowest BCUT2D eigenvalue weighted by Gasteiger charge is -2.24. The van der Waals surface area contributed by atoms with E-state index in [9.17, 15) is 4.79 Å². The van der Waals surface area contributed by atoms with Gasteiger partial charge in [-0.15, -0.1) is 0 Å². The molecular formula is C14H14O. The first-order valence-electron chi connectivity index (χ1n) is 5.58. The number of allylic oxidation sites excluding steroid dienone is 2. The van der Waals surface area contributed by atoms with Gasteiger partial charge in [0.25, 0.3) is 0 Å². The first-order chi connectivity index (χ1) is 7.40. The van der Waals surface area contributed by atoms with Gasteiger partial charge in [0.05, 0.1) is 0 Å². The second-order valence-corrected chi connectivity index (χ2v) is 4.60. The highest BCUT2D eigenvalue weighted by atomic mass is 16.1. The largest absolute Gasteiger partial charge is 0.303 e. The molecule has 2 aliphatic carbocycles. The van der Waals surface area contributed by atoms with Gasteiger partial charge in [-0.05, 0) is 23.8 Å². The van der Waals surface area contributed by atoms with Crippen LogP contribution in [0.3, 0.4) is 0 Å². The molecule has 1 fully saturated rings. The molecule has 0 N–H and O–H groups in total. The Morgan fingerprint density at radius 1 is 1.07 bits per heavy atom. The monoisotopic (exact) mass is 198 g/mol. The summed E-state index contributed by atoms with van der Waals surface area (Å²) in [5.41, 5.74) is 1.33. The van der Waals surface area contributed by atoms with Gasteiger partial charge in [0.2, 0.25) is 0 Å². The molecule has 0 saturated heterocycles. The van der Waals surface area contributed by atoms with Crippen LogP contribution in [0.5, 0.6) is 0 Å². The molecule has 4 atom stereocenters. The second kappa shape index (κ2) is 3.34. The summed E-state index contributed by atoms with van der Waals surface area (Å²) in [4.78, 5) is 11.1. The Morgan fingerprint density at radius 3 is 2.53 bits per heavy atom. The number of rotatable bonds is 2. The number of benzene rings is 1. The molecule has 15 heavy (non-hydrogen) atoms. The number of carbonyl (C=O) groups excluding carboxylic acids is 1. The predicted octanol–water partition coefficient (Wildman–Crippen LogP) is 2.79. The molecule has 3 rings (SSSR count). The van der Waals surface area contributed by atoms with E-state index in [1.54, 1.807) is 0 Å². The van der Waals surface area contributed by atoms with Crippen molar-refractivity contribution in [1.82, 2.24) is 0 Å². The van der Waals surface area contributed by atoms with Gasteiger partial charge in [-0.25, -0.2) is 0 Å². The van der Waals surface area contributed by atoms with Gasteiger partial charge < -0.3 is 4.79 Å². The highest BCUT2D eigenvalue weighted by Crippen LogP contribution is 2.51.